The van der Waals surface area contributed by atoms with Gasteiger partial charge in [-0.1, -0.05) is 30.0 Å². The van der Waals surface area contributed by atoms with Crippen LogP contribution < -0.4 is 10.9 Å². The molecule has 8 nitrogen and oxygen atoms in total. The molecule has 23 heavy (non-hydrogen) atoms. The zero-order chi connectivity index (χ0) is 16.9. The highest BCUT2D eigenvalue weighted by Gasteiger charge is 2.20. The smallest absolute Gasteiger partial charge is 0.269 e. The van der Waals surface area contributed by atoms with Gasteiger partial charge in [-0.25, -0.2) is 4.68 Å². The third kappa shape index (κ3) is 4.78. The van der Waals surface area contributed by atoms with Gasteiger partial charge in [0.1, 0.15) is 0 Å². The molecule has 1 aromatic carbocycles. The summed E-state index contributed by atoms with van der Waals surface area (Å²) in [6.07, 6.45) is 0. The van der Waals surface area contributed by atoms with Gasteiger partial charge in [0.05, 0.1) is 11.3 Å². The average molecular weight is 334 g/mol. The minimum Gasteiger partial charge on any atom is -0.272 e. The number of amides is 2. The van der Waals surface area contributed by atoms with Crippen LogP contribution in [0.5, 0.6) is 0 Å². The zero-order valence-corrected chi connectivity index (χ0v) is 13.9. The molecule has 0 aliphatic rings. The van der Waals surface area contributed by atoms with Gasteiger partial charge in [0.2, 0.25) is 11.1 Å². The summed E-state index contributed by atoms with van der Waals surface area (Å²) in [6.45, 7) is 5.90. The van der Waals surface area contributed by atoms with Crippen molar-refractivity contribution in [2.75, 3.05) is 5.75 Å². The summed E-state index contributed by atoms with van der Waals surface area (Å²) in [4.78, 5) is 23.6. The Morgan fingerprint density at radius 3 is 2.52 bits per heavy atom. The van der Waals surface area contributed by atoms with E-state index in [0.29, 0.717) is 10.7 Å². The van der Waals surface area contributed by atoms with Gasteiger partial charge in [0.15, 0.2) is 0 Å². The highest BCUT2D eigenvalue weighted by molar-refractivity contribution is 7.99. The number of thioether (sulfide) groups is 1. The molecule has 0 aliphatic heterocycles. The highest BCUT2D eigenvalue weighted by Crippen LogP contribution is 2.20. The molecular formula is C14H18N6O2S. The van der Waals surface area contributed by atoms with E-state index < -0.39 is 0 Å². The van der Waals surface area contributed by atoms with Crippen molar-refractivity contribution in [1.29, 1.82) is 0 Å². The number of tetrazole rings is 1. The monoisotopic (exact) mass is 334 g/mol. The molecule has 2 N–H and O–H groups in total. The summed E-state index contributed by atoms with van der Waals surface area (Å²) in [5.41, 5.74) is 4.92. The van der Waals surface area contributed by atoms with Crippen LogP contribution in [-0.2, 0) is 10.3 Å². The molecule has 1 aromatic heterocycles. The zero-order valence-electron chi connectivity index (χ0n) is 13.1. The van der Waals surface area contributed by atoms with E-state index in [9.17, 15) is 9.59 Å². The van der Waals surface area contributed by atoms with Crippen LogP contribution in [0.4, 0.5) is 0 Å². The summed E-state index contributed by atoms with van der Waals surface area (Å²) in [5, 5.41) is 12.0. The molecule has 2 amide bonds. The van der Waals surface area contributed by atoms with E-state index in [2.05, 4.69) is 26.4 Å². The molecule has 122 valence electrons. The predicted molar refractivity (Wildman–Crippen MR) is 85.6 cm³/mol. The van der Waals surface area contributed by atoms with Crippen LogP contribution >= 0.6 is 11.8 Å². The number of hydrazine groups is 1. The first-order chi connectivity index (χ1) is 10.9. The number of rotatable bonds is 4. The lowest BCUT2D eigenvalue weighted by atomic mass is 10.1. The molecule has 0 saturated heterocycles. The van der Waals surface area contributed by atoms with E-state index in [1.807, 2.05) is 26.8 Å². The molecule has 2 aromatic rings. The highest BCUT2D eigenvalue weighted by atomic mass is 32.2. The molecule has 2 rings (SSSR count). The lowest BCUT2D eigenvalue weighted by Crippen LogP contribution is -2.42. The minimum atomic E-state index is -0.372. The number of benzene rings is 1. The molecule has 0 fully saturated rings. The standard InChI is InChI=1S/C14H18N6O2S/c1-14(2,3)20-13(17-18-19-20)23-9-11(21)15-16-12(22)10-7-5-4-6-8-10/h4-8H,9H2,1-3H3,(H,15,21)(H,16,22). The van der Waals surface area contributed by atoms with Crippen molar-refractivity contribution in [3.8, 4) is 0 Å². The van der Waals surface area contributed by atoms with Gasteiger partial charge in [0.25, 0.3) is 5.91 Å². The molecular weight excluding hydrogens is 316 g/mol. The van der Waals surface area contributed by atoms with Crippen LogP contribution in [0, 0.1) is 0 Å². The van der Waals surface area contributed by atoms with Gasteiger partial charge in [-0.05, 0) is 43.3 Å². The quantitative estimate of drug-likeness (QED) is 0.638. The fourth-order valence-electron chi connectivity index (χ4n) is 1.64. The fourth-order valence-corrected chi connectivity index (χ4v) is 2.50. The van der Waals surface area contributed by atoms with Gasteiger partial charge in [-0.15, -0.1) is 5.10 Å². The van der Waals surface area contributed by atoms with Gasteiger partial charge < -0.3 is 0 Å². The lowest BCUT2D eigenvalue weighted by Gasteiger charge is -2.19. The second kappa shape index (κ2) is 7.23. The summed E-state index contributed by atoms with van der Waals surface area (Å²) >= 11 is 1.20. The van der Waals surface area contributed by atoms with Crippen LogP contribution in [0.25, 0.3) is 0 Å². The first-order valence-corrected chi connectivity index (χ1v) is 7.92. The third-order valence-corrected chi connectivity index (χ3v) is 3.68. The van der Waals surface area contributed by atoms with Gasteiger partial charge >= 0.3 is 0 Å². The SMILES string of the molecule is CC(C)(C)n1nnnc1SCC(=O)NNC(=O)c1ccccc1. The van der Waals surface area contributed by atoms with Crippen molar-refractivity contribution >= 4 is 23.6 Å². The average Bonchev–Trinajstić information content (AvgIpc) is 3.00. The Hall–Kier alpha value is -2.42. The summed E-state index contributed by atoms with van der Waals surface area (Å²) in [7, 11) is 0. The number of carbonyl (C=O) groups excluding carboxylic acids is 2. The maximum atomic E-state index is 11.8. The fraction of sp³-hybridized carbons (Fsp3) is 0.357. The number of hydrogen-bond donors (Lipinski definition) is 2. The Morgan fingerprint density at radius 2 is 1.87 bits per heavy atom. The lowest BCUT2D eigenvalue weighted by molar-refractivity contribution is -0.119. The normalized spacial score (nSPS) is 11.1. The Kier molecular flexibility index (Phi) is 5.32. The maximum absolute atomic E-state index is 11.8. The second-order valence-corrected chi connectivity index (χ2v) is 6.64. The minimum absolute atomic E-state index is 0.0888. The van der Waals surface area contributed by atoms with Crippen molar-refractivity contribution in [3.63, 3.8) is 0 Å². The Bertz CT molecular complexity index is 680. The van der Waals surface area contributed by atoms with Crippen molar-refractivity contribution in [1.82, 2.24) is 31.1 Å². The molecule has 0 aliphatic carbocycles. The van der Waals surface area contributed by atoms with E-state index in [1.54, 1.807) is 28.9 Å². The Labute approximate surface area is 138 Å². The van der Waals surface area contributed by atoms with Gasteiger partial charge in [-0.2, -0.15) is 0 Å². The number of nitrogens with zero attached hydrogens (tertiary/aromatic N) is 4. The Balaban J connectivity index is 1.82. The topological polar surface area (TPSA) is 102 Å². The van der Waals surface area contributed by atoms with Crippen LogP contribution in [0.3, 0.4) is 0 Å². The van der Waals surface area contributed by atoms with E-state index >= 15 is 0 Å². The molecule has 0 bridgehead atoms. The van der Waals surface area contributed by atoms with E-state index in [4.69, 9.17) is 0 Å². The molecule has 1 heterocycles. The number of aromatic nitrogens is 4. The van der Waals surface area contributed by atoms with Crippen molar-refractivity contribution in [3.05, 3.63) is 35.9 Å². The molecule has 0 unspecified atom stereocenters. The van der Waals surface area contributed by atoms with Gasteiger partial charge in [0, 0.05) is 5.56 Å². The number of carbonyl (C=O) groups is 2. The van der Waals surface area contributed by atoms with E-state index in [1.165, 1.54) is 11.8 Å². The molecule has 9 heteroatoms. The summed E-state index contributed by atoms with van der Waals surface area (Å²) < 4.78 is 1.65. The first-order valence-electron chi connectivity index (χ1n) is 6.94. The van der Waals surface area contributed by atoms with Gasteiger partial charge in [-0.3, -0.25) is 20.4 Å². The van der Waals surface area contributed by atoms with E-state index in [-0.39, 0.29) is 23.1 Å². The predicted octanol–water partition coefficient (Wildman–Crippen LogP) is 0.981. The summed E-state index contributed by atoms with van der Waals surface area (Å²) in [5.74, 6) is -0.628. The van der Waals surface area contributed by atoms with Crippen molar-refractivity contribution < 1.29 is 9.59 Å². The maximum Gasteiger partial charge on any atom is 0.269 e. The first kappa shape index (κ1) is 16.9. The van der Waals surface area contributed by atoms with Crippen molar-refractivity contribution in [2.24, 2.45) is 0 Å². The second-order valence-electron chi connectivity index (χ2n) is 5.70. The number of nitrogens with one attached hydrogen (secondary N) is 2. The van der Waals surface area contributed by atoms with Crippen LogP contribution in [0.2, 0.25) is 0 Å². The van der Waals surface area contributed by atoms with Crippen LogP contribution in [0.15, 0.2) is 35.5 Å². The molecule has 0 radical (unpaired) electrons. The van der Waals surface area contributed by atoms with Crippen molar-refractivity contribution in [2.45, 2.75) is 31.5 Å². The summed E-state index contributed by atoms with van der Waals surface area (Å²) in [6, 6.07) is 8.63. The van der Waals surface area contributed by atoms with Crippen LogP contribution in [-0.4, -0.2) is 37.8 Å². The van der Waals surface area contributed by atoms with E-state index in [0.717, 1.165) is 0 Å². The molecule has 0 saturated carbocycles. The molecule has 0 atom stereocenters. The largest absolute Gasteiger partial charge is 0.272 e. The third-order valence-electron chi connectivity index (χ3n) is 2.76. The Morgan fingerprint density at radius 1 is 1.17 bits per heavy atom. The van der Waals surface area contributed by atoms with Crippen LogP contribution in [0.1, 0.15) is 31.1 Å². The number of hydrogen-bond acceptors (Lipinski definition) is 6. The molecule has 0 spiro atoms.